The van der Waals surface area contributed by atoms with Crippen LogP contribution in [0.4, 0.5) is 4.79 Å². The SMILES string of the molecule is CC1=C(C)[C@@H]2[C@@H](Cc3ccccc3)NC(=O)[C@@]23OC(=O)O/C=C\[C@@](C)(O)C(=O)[C@@H](C)C/C=C\[C@H]3[C@@H]1O. The summed E-state index contributed by atoms with van der Waals surface area (Å²) in [5, 5.41) is 24.8. The molecule has 4 rings (SSSR count). The van der Waals surface area contributed by atoms with Crippen LogP contribution in [0.25, 0.3) is 0 Å². The molecule has 7 atom stereocenters. The second-order valence-electron chi connectivity index (χ2n) is 10.2. The Balaban J connectivity index is 1.82. The van der Waals surface area contributed by atoms with Crippen LogP contribution in [-0.4, -0.2) is 51.4 Å². The van der Waals surface area contributed by atoms with Gasteiger partial charge in [-0.3, -0.25) is 9.59 Å². The highest BCUT2D eigenvalue weighted by molar-refractivity contribution is 5.93. The molecule has 192 valence electrons. The molecule has 2 aliphatic heterocycles. The molecule has 1 amide bonds. The number of aliphatic hydroxyl groups excluding tert-OH is 1. The van der Waals surface area contributed by atoms with Gasteiger partial charge in [0.25, 0.3) is 5.91 Å². The molecular weight excluding hydrogens is 462 g/mol. The van der Waals surface area contributed by atoms with Crippen LogP contribution in [0.2, 0.25) is 0 Å². The molecule has 2 heterocycles. The minimum absolute atomic E-state index is 0.262. The predicted octanol–water partition coefficient (Wildman–Crippen LogP) is 2.99. The Morgan fingerprint density at radius 3 is 2.50 bits per heavy atom. The number of allylic oxidation sites excluding steroid dienone is 1. The van der Waals surface area contributed by atoms with Gasteiger partial charge in [-0.2, -0.15) is 0 Å². The van der Waals surface area contributed by atoms with Gasteiger partial charge in [-0.15, -0.1) is 0 Å². The van der Waals surface area contributed by atoms with E-state index >= 15 is 0 Å². The number of hydrogen-bond acceptors (Lipinski definition) is 7. The molecule has 1 aliphatic carbocycles. The number of nitrogens with one attached hydrogen (secondary N) is 1. The number of cyclic esters (lactones) is 1. The lowest BCUT2D eigenvalue weighted by Gasteiger charge is -2.45. The predicted molar refractivity (Wildman–Crippen MR) is 131 cm³/mol. The number of ketones is 1. The first-order valence-electron chi connectivity index (χ1n) is 12.2. The van der Waals surface area contributed by atoms with Gasteiger partial charge < -0.3 is 25.0 Å². The maximum absolute atomic E-state index is 13.7. The van der Waals surface area contributed by atoms with Gasteiger partial charge in [0.05, 0.1) is 24.2 Å². The molecule has 0 unspecified atom stereocenters. The van der Waals surface area contributed by atoms with Crippen molar-refractivity contribution >= 4 is 17.8 Å². The maximum Gasteiger partial charge on any atom is 0.514 e. The third kappa shape index (κ3) is 4.40. The van der Waals surface area contributed by atoms with E-state index < -0.39 is 58.9 Å². The van der Waals surface area contributed by atoms with Gasteiger partial charge >= 0.3 is 6.16 Å². The summed E-state index contributed by atoms with van der Waals surface area (Å²) in [4.78, 5) is 39.3. The zero-order chi connectivity index (χ0) is 26.3. The lowest BCUT2D eigenvalue weighted by atomic mass is 9.63. The van der Waals surface area contributed by atoms with Crippen molar-refractivity contribution in [3.8, 4) is 0 Å². The van der Waals surface area contributed by atoms with E-state index in [9.17, 15) is 24.6 Å². The van der Waals surface area contributed by atoms with Gasteiger partial charge in [-0.05, 0) is 50.8 Å². The molecule has 1 aromatic rings. The Bertz CT molecular complexity index is 1140. The van der Waals surface area contributed by atoms with Gasteiger partial charge in [0, 0.05) is 12.0 Å². The van der Waals surface area contributed by atoms with Gasteiger partial charge in [0.15, 0.2) is 5.78 Å². The number of hydrogen-bond donors (Lipinski definition) is 3. The van der Waals surface area contributed by atoms with Crippen molar-refractivity contribution in [2.75, 3.05) is 0 Å². The third-order valence-electron chi connectivity index (χ3n) is 7.79. The topological polar surface area (TPSA) is 122 Å². The fourth-order valence-electron chi connectivity index (χ4n) is 5.73. The summed E-state index contributed by atoms with van der Waals surface area (Å²) in [6.07, 6.45) is 3.84. The Labute approximate surface area is 210 Å². The first-order chi connectivity index (χ1) is 17.0. The molecule has 1 fully saturated rings. The summed E-state index contributed by atoms with van der Waals surface area (Å²) in [5.41, 5.74) is -1.13. The number of rotatable bonds is 2. The van der Waals surface area contributed by atoms with E-state index in [4.69, 9.17) is 9.47 Å². The summed E-state index contributed by atoms with van der Waals surface area (Å²) >= 11 is 0. The number of carbonyl (C=O) groups is 3. The number of Topliss-reactive ketones (excluding diaryl/α,β-unsaturated/α-hetero) is 1. The van der Waals surface area contributed by atoms with Crippen LogP contribution in [0.5, 0.6) is 0 Å². The Kier molecular flexibility index (Phi) is 6.94. The van der Waals surface area contributed by atoms with E-state index in [2.05, 4.69) is 5.32 Å². The van der Waals surface area contributed by atoms with E-state index in [0.29, 0.717) is 12.0 Å². The van der Waals surface area contributed by atoms with E-state index in [0.717, 1.165) is 23.5 Å². The summed E-state index contributed by atoms with van der Waals surface area (Å²) < 4.78 is 10.9. The average Bonchev–Trinajstić information content (AvgIpc) is 3.10. The minimum atomic E-state index is -1.85. The maximum atomic E-state index is 13.7. The van der Waals surface area contributed by atoms with Crippen molar-refractivity contribution in [1.29, 1.82) is 0 Å². The van der Waals surface area contributed by atoms with Gasteiger partial charge in [-0.1, -0.05) is 55.0 Å². The molecule has 3 N–H and O–H groups in total. The van der Waals surface area contributed by atoms with Crippen molar-refractivity contribution in [1.82, 2.24) is 5.32 Å². The Hall–Kier alpha value is -3.23. The Morgan fingerprint density at radius 1 is 1.11 bits per heavy atom. The molecule has 0 bridgehead atoms. The average molecular weight is 496 g/mol. The van der Waals surface area contributed by atoms with E-state index in [1.54, 1.807) is 19.1 Å². The molecule has 0 radical (unpaired) electrons. The summed E-state index contributed by atoms with van der Waals surface area (Å²) in [5.74, 6) is -3.00. The molecule has 1 spiro atoms. The third-order valence-corrected chi connectivity index (χ3v) is 7.79. The monoisotopic (exact) mass is 495 g/mol. The lowest BCUT2D eigenvalue weighted by molar-refractivity contribution is -0.151. The van der Waals surface area contributed by atoms with Crippen LogP contribution in [-0.2, 0) is 25.5 Å². The van der Waals surface area contributed by atoms with Crippen molar-refractivity contribution in [3.63, 3.8) is 0 Å². The first-order valence-corrected chi connectivity index (χ1v) is 12.2. The van der Waals surface area contributed by atoms with Crippen molar-refractivity contribution in [3.05, 3.63) is 71.5 Å². The highest BCUT2D eigenvalue weighted by Gasteiger charge is 2.66. The molecule has 1 saturated heterocycles. The zero-order valence-electron chi connectivity index (χ0n) is 20.9. The zero-order valence-corrected chi connectivity index (χ0v) is 20.9. The van der Waals surface area contributed by atoms with Crippen molar-refractivity contribution < 1.29 is 34.1 Å². The molecule has 1 aromatic carbocycles. The molecule has 8 heteroatoms. The van der Waals surface area contributed by atoms with E-state index in [-0.39, 0.29) is 6.42 Å². The number of carbonyl (C=O) groups excluding carboxylic acids is 3. The van der Waals surface area contributed by atoms with Crippen LogP contribution < -0.4 is 5.32 Å². The molecular formula is C28H33NO7. The fourth-order valence-corrected chi connectivity index (χ4v) is 5.73. The van der Waals surface area contributed by atoms with Crippen LogP contribution >= 0.6 is 0 Å². The normalized spacial score (nSPS) is 38.8. The van der Waals surface area contributed by atoms with E-state index in [1.165, 1.54) is 6.92 Å². The van der Waals surface area contributed by atoms with Crippen molar-refractivity contribution in [2.24, 2.45) is 17.8 Å². The number of aliphatic hydroxyl groups is 2. The van der Waals surface area contributed by atoms with Gasteiger partial charge in [0.1, 0.15) is 5.60 Å². The van der Waals surface area contributed by atoms with Crippen LogP contribution in [0.1, 0.15) is 39.7 Å². The molecule has 8 nitrogen and oxygen atoms in total. The molecule has 3 aliphatic rings. The fraction of sp³-hybridized carbons (Fsp3) is 0.464. The highest BCUT2D eigenvalue weighted by Crippen LogP contribution is 2.50. The second kappa shape index (κ2) is 9.67. The van der Waals surface area contributed by atoms with Crippen LogP contribution in [0.15, 0.2) is 66.0 Å². The van der Waals surface area contributed by atoms with Gasteiger partial charge in [0.2, 0.25) is 5.60 Å². The number of ether oxygens (including phenoxy) is 2. The first kappa shape index (κ1) is 25.9. The highest BCUT2D eigenvalue weighted by atomic mass is 16.7. The minimum Gasteiger partial charge on any atom is -0.416 e. The standard InChI is InChI=1S/C28H33NO7/c1-16-9-8-12-20-23(30)18(3)17(2)22-21(15-19-10-6-5-7-11-19)29-25(32)28(20,22)36-26(33)35-14-13-27(4,34)24(16)31/h5-8,10-14,16,20-23,30,34H,9,15H2,1-4H3,(H,29,32)/b12-8-,14-13-/t16-,20-,21+,22+,23+,27+,28-/m0/s1. The second-order valence-corrected chi connectivity index (χ2v) is 10.2. The largest absolute Gasteiger partial charge is 0.514 e. The van der Waals surface area contributed by atoms with Gasteiger partial charge in [-0.25, -0.2) is 4.79 Å². The number of amides is 1. The summed E-state index contributed by atoms with van der Waals surface area (Å²) in [6.45, 7) is 6.65. The van der Waals surface area contributed by atoms with Crippen molar-refractivity contribution in [2.45, 2.75) is 63.9 Å². The smallest absolute Gasteiger partial charge is 0.416 e. The molecule has 0 saturated carbocycles. The summed E-state index contributed by atoms with van der Waals surface area (Å²) in [6, 6.07) is 9.29. The van der Waals surface area contributed by atoms with E-state index in [1.807, 2.05) is 44.2 Å². The Morgan fingerprint density at radius 2 is 1.81 bits per heavy atom. The summed E-state index contributed by atoms with van der Waals surface area (Å²) in [7, 11) is 0. The number of benzene rings is 1. The molecule has 0 aromatic heterocycles. The van der Waals surface area contributed by atoms with Crippen LogP contribution in [0, 0.1) is 17.8 Å². The van der Waals surface area contributed by atoms with Crippen LogP contribution in [0.3, 0.4) is 0 Å². The lowest BCUT2D eigenvalue weighted by Crippen LogP contribution is -2.59. The quantitative estimate of drug-likeness (QED) is 0.426. The molecule has 36 heavy (non-hydrogen) atoms.